The lowest BCUT2D eigenvalue weighted by Gasteiger charge is -2.17. The number of pyridine rings is 1. The normalized spacial score (nSPS) is 11.6. The van der Waals surface area contributed by atoms with Gasteiger partial charge in [0.25, 0.3) is 0 Å². The molecule has 0 aliphatic heterocycles. The molecule has 4 rings (SSSR count). The summed E-state index contributed by atoms with van der Waals surface area (Å²) in [6.45, 7) is 0. The summed E-state index contributed by atoms with van der Waals surface area (Å²) in [5, 5.41) is 8.64. The smallest absolute Gasteiger partial charge is 0.229 e. The largest absolute Gasteiger partial charge is 0.386 e. The standard InChI is InChI=1S/C21H19BrN4O2S/c1-23-19-12-13(26-29(2,27)28)10-11-18(19)25-20-14-6-3-4-9-17(14)24-21-15(20)7-5-8-16(21)22/h3-12,23,26H,1-2H3,(H,24,25). The van der Waals surface area contributed by atoms with Crippen LogP contribution in [-0.4, -0.2) is 26.7 Å². The van der Waals surface area contributed by atoms with Crippen molar-refractivity contribution in [3.63, 3.8) is 0 Å². The molecule has 0 fully saturated rings. The summed E-state index contributed by atoms with van der Waals surface area (Å²) in [6, 6.07) is 19.3. The van der Waals surface area contributed by atoms with Crippen LogP contribution in [0.1, 0.15) is 0 Å². The van der Waals surface area contributed by atoms with Crippen molar-refractivity contribution in [3.05, 3.63) is 65.1 Å². The third-order valence-electron chi connectivity index (χ3n) is 4.51. The molecule has 0 saturated heterocycles. The van der Waals surface area contributed by atoms with Crippen LogP contribution in [0.25, 0.3) is 21.8 Å². The highest BCUT2D eigenvalue weighted by Crippen LogP contribution is 2.37. The molecule has 3 N–H and O–H groups in total. The second kappa shape index (κ2) is 7.53. The molecule has 148 valence electrons. The molecule has 1 heterocycles. The lowest BCUT2D eigenvalue weighted by molar-refractivity contribution is 0.607. The van der Waals surface area contributed by atoms with Crippen molar-refractivity contribution in [3.8, 4) is 0 Å². The second-order valence-corrected chi connectivity index (χ2v) is 9.25. The Bertz CT molecular complexity index is 1340. The summed E-state index contributed by atoms with van der Waals surface area (Å²) in [6.07, 6.45) is 1.13. The van der Waals surface area contributed by atoms with Crippen molar-refractivity contribution in [1.82, 2.24) is 4.98 Å². The zero-order valence-corrected chi connectivity index (χ0v) is 18.2. The predicted molar refractivity (Wildman–Crippen MR) is 125 cm³/mol. The molecule has 0 aliphatic carbocycles. The van der Waals surface area contributed by atoms with Crippen molar-refractivity contribution in [1.29, 1.82) is 0 Å². The Hall–Kier alpha value is -2.84. The first-order chi connectivity index (χ1) is 13.9. The second-order valence-electron chi connectivity index (χ2n) is 6.65. The molecular formula is C21H19BrN4O2S. The fourth-order valence-corrected chi connectivity index (χ4v) is 4.30. The number of fused-ring (bicyclic) bond motifs is 2. The lowest BCUT2D eigenvalue weighted by atomic mass is 10.1. The number of aromatic nitrogens is 1. The number of halogens is 1. The average Bonchev–Trinajstić information content (AvgIpc) is 2.68. The van der Waals surface area contributed by atoms with Gasteiger partial charge in [0.1, 0.15) is 0 Å². The van der Waals surface area contributed by atoms with Crippen LogP contribution in [0.2, 0.25) is 0 Å². The predicted octanol–water partition coefficient (Wildman–Crippen LogP) is 5.31. The molecule has 1 aromatic heterocycles. The summed E-state index contributed by atoms with van der Waals surface area (Å²) in [5.41, 5.74) is 4.78. The van der Waals surface area contributed by atoms with E-state index in [2.05, 4.69) is 31.3 Å². The number of nitrogens with one attached hydrogen (secondary N) is 3. The highest BCUT2D eigenvalue weighted by molar-refractivity contribution is 9.10. The van der Waals surface area contributed by atoms with Gasteiger partial charge in [0.2, 0.25) is 10.0 Å². The van der Waals surface area contributed by atoms with E-state index in [-0.39, 0.29) is 0 Å². The van der Waals surface area contributed by atoms with Gasteiger partial charge in [-0.15, -0.1) is 0 Å². The van der Waals surface area contributed by atoms with Crippen LogP contribution in [-0.2, 0) is 10.0 Å². The molecule has 0 unspecified atom stereocenters. The maximum atomic E-state index is 11.5. The van der Waals surface area contributed by atoms with E-state index in [1.807, 2.05) is 48.5 Å². The number of para-hydroxylation sites is 2. The van der Waals surface area contributed by atoms with Gasteiger partial charge >= 0.3 is 0 Å². The molecule has 4 aromatic rings. The van der Waals surface area contributed by atoms with Crippen molar-refractivity contribution >= 4 is 70.5 Å². The van der Waals surface area contributed by atoms with Crippen molar-refractivity contribution < 1.29 is 8.42 Å². The van der Waals surface area contributed by atoms with E-state index in [0.717, 1.165) is 49.6 Å². The van der Waals surface area contributed by atoms with Crippen LogP contribution in [0.15, 0.2) is 65.1 Å². The SMILES string of the molecule is CNc1cc(NS(C)(=O)=O)ccc1Nc1c2ccccc2nc2c(Br)cccc12. The van der Waals surface area contributed by atoms with Crippen LogP contribution >= 0.6 is 15.9 Å². The Morgan fingerprint density at radius 3 is 2.45 bits per heavy atom. The molecule has 0 radical (unpaired) electrons. The highest BCUT2D eigenvalue weighted by atomic mass is 79.9. The minimum absolute atomic E-state index is 0.495. The van der Waals surface area contributed by atoms with Gasteiger partial charge in [-0.1, -0.05) is 30.3 Å². The van der Waals surface area contributed by atoms with Crippen LogP contribution in [0, 0.1) is 0 Å². The number of hydrogen-bond acceptors (Lipinski definition) is 5. The summed E-state index contributed by atoms with van der Waals surface area (Å²) < 4.78 is 26.5. The molecule has 8 heteroatoms. The minimum atomic E-state index is -3.35. The first-order valence-corrected chi connectivity index (χ1v) is 11.6. The average molecular weight is 471 g/mol. The number of nitrogens with zero attached hydrogens (tertiary/aromatic N) is 1. The van der Waals surface area contributed by atoms with E-state index in [1.165, 1.54) is 0 Å². The topological polar surface area (TPSA) is 83.1 Å². The molecule has 0 aliphatic rings. The first-order valence-electron chi connectivity index (χ1n) is 8.89. The zero-order chi connectivity index (χ0) is 20.6. The molecule has 3 aromatic carbocycles. The van der Waals surface area contributed by atoms with E-state index < -0.39 is 10.0 Å². The van der Waals surface area contributed by atoms with Gasteiger partial charge in [-0.05, 0) is 46.3 Å². The molecule has 0 amide bonds. The van der Waals surface area contributed by atoms with Crippen LogP contribution in [0.3, 0.4) is 0 Å². The van der Waals surface area contributed by atoms with Gasteiger partial charge in [0, 0.05) is 22.3 Å². The van der Waals surface area contributed by atoms with E-state index in [9.17, 15) is 8.42 Å². The van der Waals surface area contributed by atoms with Gasteiger partial charge in [-0.25, -0.2) is 13.4 Å². The Balaban J connectivity index is 1.88. The quantitative estimate of drug-likeness (QED) is 0.344. The number of rotatable bonds is 5. The zero-order valence-electron chi connectivity index (χ0n) is 15.8. The third kappa shape index (κ3) is 3.99. The first kappa shape index (κ1) is 19.5. The van der Waals surface area contributed by atoms with E-state index in [0.29, 0.717) is 5.69 Å². The van der Waals surface area contributed by atoms with Crippen LogP contribution in [0.5, 0.6) is 0 Å². The molecule has 29 heavy (non-hydrogen) atoms. The van der Waals surface area contributed by atoms with E-state index in [1.54, 1.807) is 19.2 Å². The Morgan fingerprint density at radius 2 is 1.69 bits per heavy atom. The van der Waals surface area contributed by atoms with Crippen LogP contribution < -0.4 is 15.4 Å². The number of hydrogen-bond donors (Lipinski definition) is 3. The number of sulfonamides is 1. The summed E-state index contributed by atoms with van der Waals surface area (Å²) >= 11 is 3.60. The van der Waals surface area contributed by atoms with Crippen molar-refractivity contribution in [2.24, 2.45) is 0 Å². The Morgan fingerprint density at radius 1 is 0.931 bits per heavy atom. The monoisotopic (exact) mass is 470 g/mol. The number of anilines is 4. The van der Waals surface area contributed by atoms with Crippen LogP contribution in [0.4, 0.5) is 22.7 Å². The fourth-order valence-electron chi connectivity index (χ4n) is 3.29. The number of benzene rings is 3. The lowest BCUT2D eigenvalue weighted by Crippen LogP contribution is -2.10. The van der Waals surface area contributed by atoms with E-state index in [4.69, 9.17) is 4.98 Å². The maximum Gasteiger partial charge on any atom is 0.229 e. The van der Waals surface area contributed by atoms with Crippen molar-refractivity contribution in [2.75, 3.05) is 28.7 Å². The third-order valence-corrected chi connectivity index (χ3v) is 5.76. The van der Waals surface area contributed by atoms with Crippen molar-refractivity contribution in [2.45, 2.75) is 0 Å². The molecular weight excluding hydrogens is 452 g/mol. The van der Waals surface area contributed by atoms with Gasteiger partial charge in [-0.2, -0.15) is 0 Å². The summed E-state index contributed by atoms with van der Waals surface area (Å²) in [7, 11) is -1.55. The Labute approximate surface area is 177 Å². The van der Waals surface area contributed by atoms with Gasteiger partial charge < -0.3 is 10.6 Å². The van der Waals surface area contributed by atoms with Gasteiger partial charge in [-0.3, -0.25) is 4.72 Å². The summed E-state index contributed by atoms with van der Waals surface area (Å²) in [4.78, 5) is 4.80. The molecule has 0 atom stereocenters. The molecule has 0 spiro atoms. The van der Waals surface area contributed by atoms with E-state index >= 15 is 0 Å². The van der Waals surface area contributed by atoms with Gasteiger partial charge in [0.15, 0.2) is 0 Å². The minimum Gasteiger partial charge on any atom is -0.386 e. The molecule has 6 nitrogen and oxygen atoms in total. The van der Waals surface area contributed by atoms with Gasteiger partial charge in [0.05, 0.1) is 40.0 Å². The maximum absolute atomic E-state index is 11.5. The molecule has 0 saturated carbocycles. The molecule has 0 bridgehead atoms. The summed E-state index contributed by atoms with van der Waals surface area (Å²) in [5.74, 6) is 0. The highest BCUT2D eigenvalue weighted by Gasteiger charge is 2.13. The fraction of sp³-hybridized carbons (Fsp3) is 0.0952. The Kier molecular flexibility index (Phi) is 5.06.